The van der Waals surface area contributed by atoms with Crippen molar-refractivity contribution in [2.75, 3.05) is 20.0 Å². The van der Waals surface area contributed by atoms with Crippen molar-refractivity contribution >= 4 is 17.5 Å². The van der Waals surface area contributed by atoms with E-state index in [9.17, 15) is 4.79 Å². The average molecular weight is 369 g/mol. The van der Waals surface area contributed by atoms with Gasteiger partial charge in [-0.3, -0.25) is 9.36 Å². The van der Waals surface area contributed by atoms with Crippen LogP contribution < -0.4 is 9.47 Å². The molecule has 6 nitrogen and oxygen atoms in total. The first-order valence-electron chi connectivity index (χ1n) is 7.99. The summed E-state index contributed by atoms with van der Waals surface area (Å²) in [6.07, 6.45) is 0. The second kappa shape index (κ2) is 8.05. The van der Waals surface area contributed by atoms with E-state index in [-0.39, 0.29) is 11.5 Å². The number of rotatable bonds is 7. The van der Waals surface area contributed by atoms with Crippen molar-refractivity contribution < 1.29 is 14.3 Å². The maximum absolute atomic E-state index is 12.7. The molecular weight excluding hydrogens is 350 g/mol. The number of para-hydroxylation sites is 1. The predicted octanol–water partition coefficient (Wildman–Crippen LogP) is 3.57. The van der Waals surface area contributed by atoms with Gasteiger partial charge in [0.05, 0.1) is 25.5 Å². The Bertz CT molecular complexity index is 910. The standard InChI is InChI=1S/C19H19N3O3S/c1-13-20-21-19(22(13)14-7-5-4-6-8-14)26-12-17(23)16-10-9-15(24-2)11-18(16)25-3/h4-11H,12H2,1-3H3. The number of benzene rings is 2. The molecule has 0 aliphatic rings. The summed E-state index contributed by atoms with van der Waals surface area (Å²) >= 11 is 1.35. The Morgan fingerprint density at radius 2 is 1.85 bits per heavy atom. The van der Waals surface area contributed by atoms with Gasteiger partial charge in [0.2, 0.25) is 0 Å². The van der Waals surface area contributed by atoms with Gasteiger partial charge in [-0.1, -0.05) is 30.0 Å². The van der Waals surface area contributed by atoms with Crippen LogP contribution in [0.25, 0.3) is 5.69 Å². The zero-order chi connectivity index (χ0) is 18.5. The van der Waals surface area contributed by atoms with E-state index in [1.807, 2.05) is 41.8 Å². The van der Waals surface area contributed by atoms with Crippen LogP contribution in [0.5, 0.6) is 11.5 Å². The largest absolute Gasteiger partial charge is 0.497 e. The minimum Gasteiger partial charge on any atom is -0.497 e. The molecule has 1 aromatic heterocycles. The van der Waals surface area contributed by atoms with Gasteiger partial charge in [-0.15, -0.1) is 10.2 Å². The first kappa shape index (κ1) is 18.0. The Labute approximate surface area is 156 Å². The minimum absolute atomic E-state index is 0.0465. The summed E-state index contributed by atoms with van der Waals surface area (Å²) in [5.41, 5.74) is 1.48. The van der Waals surface area contributed by atoms with Gasteiger partial charge >= 0.3 is 0 Å². The summed E-state index contributed by atoms with van der Waals surface area (Å²) < 4.78 is 12.4. The van der Waals surface area contributed by atoms with Crippen molar-refractivity contribution in [2.24, 2.45) is 0 Å². The summed E-state index contributed by atoms with van der Waals surface area (Å²) in [7, 11) is 3.11. The SMILES string of the molecule is COc1ccc(C(=O)CSc2nnc(C)n2-c2ccccc2)c(OC)c1. The lowest BCUT2D eigenvalue weighted by atomic mass is 10.1. The van der Waals surface area contributed by atoms with Crippen molar-refractivity contribution in [3.05, 3.63) is 59.9 Å². The third kappa shape index (κ3) is 3.72. The fourth-order valence-corrected chi connectivity index (χ4v) is 3.43. The Balaban J connectivity index is 1.79. The number of hydrogen-bond acceptors (Lipinski definition) is 6. The molecule has 0 fully saturated rings. The first-order chi connectivity index (χ1) is 12.6. The van der Waals surface area contributed by atoms with Crippen LogP contribution in [-0.4, -0.2) is 40.5 Å². The molecular formula is C19H19N3O3S. The van der Waals surface area contributed by atoms with Crippen LogP contribution in [0.3, 0.4) is 0 Å². The molecule has 134 valence electrons. The van der Waals surface area contributed by atoms with E-state index in [2.05, 4.69) is 10.2 Å². The third-order valence-corrected chi connectivity index (χ3v) is 4.78. The molecule has 0 spiro atoms. The molecule has 0 saturated heterocycles. The number of ether oxygens (including phenoxy) is 2. The number of hydrogen-bond donors (Lipinski definition) is 0. The molecule has 0 N–H and O–H groups in total. The molecule has 0 bridgehead atoms. The summed E-state index contributed by atoms with van der Waals surface area (Å²) in [5, 5.41) is 9.02. The summed E-state index contributed by atoms with van der Waals surface area (Å²) in [5.74, 6) is 2.09. The number of carbonyl (C=O) groups excluding carboxylic acids is 1. The van der Waals surface area contributed by atoms with Crippen molar-refractivity contribution in [1.82, 2.24) is 14.8 Å². The molecule has 2 aromatic carbocycles. The molecule has 0 atom stereocenters. The molecule has 0 saturated carbocycles. The molecule has 3 aromatic rings. The van der Waals surface area contributed by atoms with Crippen LogP contribution in [0.15, 0.2) is 53.7 Å². The Kier molecular flexibility index (Phi) is 5.58. The van der Waals surface area contributed by atoms with Gasteiger partial charge < -0.3 is 9.47 Å². The van der Waals surface area contributed by atoms with Crippen molar-refractivity contribution in [3.8, 4) is 17.2 Å². The zero-order valence-corrected chi connectivity index (χ0v) is 15.6. The molecule has 0 amide bonds. The lowest BCUT2D eigenvalue weighted by molar-refractivity contribution is 0.101. The number of Topliss-reactive ketones (excluding diaryl/α,β-unsaturated/α-hetero) is 1. The third-order valence-electron chi connectivity index (χ3n) is 3.85. The molecule has 0 aliphatic carbocycles. The van der Waals surface area contributed by atoms with Crippen LogP contribution in [0.2, 0.25) is 0 Å². The summed E-state index contributed by atoms with van der Waals surface area (Å²) in [6, 6.07) is 15.0. The number of nitrogens with zero attached hydrogens (tertiary/aromatic N) is 3. The lowest BCUT2D eigenvalue weighted by Crippen LogP contribution is -2.07. The number of ketones is 1. The van der Waals surface area contributed by atoms with Gasteiger partial charge in [-0.25, -0.2) is 0 Å². The minimum atomic E-state index is -0.0465. The maximum Gasteiger partial charge on any atom is 0.196 e. The lowest BCUT2D eigenvalue weighted by Gasteiger charge is -2.10. The van der Waals surface area contributed by atoms with Gasteiger partial charge in [-0.2, -0.15) is 0 Å². The van der Waals surface area contributed by atoms with E-state index in [1.165, 1.54) is 18.9 Å². The zero-order valence-electron chi connectivity index (χ0n) is 14.8. The van der Waals surface area contributed by atoms with Gasteiger partial charge in [0.25, 0.3) is 0 Å². The van der Waals surface area contributed by atoms with Gasteiger partial charge in [0, 0.05) is 11.8 Å². The fraction of sp³-hybridized carbons (Fsp3) is 0.211. The van der Waals surface area contributed by atoms with E-state index < -0.39 is 0 Å². The Morgan fingerprint density at radius 1 is 1.08 bits per heavy atom. The highest BCUT2D eigenvalue weighted by Gasteiger charge is 2.17. The van der Waals surface area contributed by atoms with Gasteiger partial charge in [-0.05, 0) is 31.2 Å². The highest BCUT2D eigenvalue weighted by molar-refractivity contribution is 7.99. The van der Waals surface area contributed by atoms with E-state index in [1.54, 1.807) is 25.3 Å². The maximum atomic E-state index is 12.7. The van der Waals surface area contributed by atoms with Crippen molar-refractivity contribution in [3.63, 3.8) is 0 Å². The highest BCUT2D eigenvalue weighted by atomic mass is 32.2. The Morgan fingerprint density at radius 3 is 2.54 bits per heavy atom. The van der Waals surface area contributed by atoms with Crippen LogP contribution in [0, 0.1) is 6.92 Å². The molecule has 7 heteroatoms. The highest BCUT2D eigenvalue weighted by Crippen LogP contribution is 2.28. The van der Waals surface area contributed by atoms with E-state index in [0.717, 1.165) is 11.5 Å². The summed E-state index contributed by atoms with van der Waals surface area (Å²) in [4.78, 5) is 12.7. The van der Waals surface area contributed by atoms with Crippen LogP contribution in [0.1, 0.15) is 16.2 Å². The Hall–Kier alpha value is -2.80. The summed E-state index contributed by atoms with van der Waals surface area (Å²) in [6.45, 7) is 1.89. The van der Waals surface area contributed by atoms with E-state index in [0.29, 0.717) is 22.2 Å². The van der Waals surface area contributed by atoms with Crippen molar-refractivity contribution in [1.29, 1.82) is 0 Å². The van der Waals surface area contributed by atoms with E-state index >= 15 is 0 Å². The fourth-order valence-electron chi connectivity index (χ4n) is 2.55. The van der Waals surface area contributed by atoms with Crippen LogP contribution in [-0.2, 0) is 0 Å². The second-order valence-electron chi connectivity index (χ2n) is 5.48. The number of thioether (sulfide) groups is 1. The number of aryl methyl sites for hydroxylation is 1. The number of carbonyl (C=O) groups is 1. The monoisotopic (exact) mass is 369 g/mol. The topological polar surface area (TPSA) is 66.2 Å². The molecule has 0 radical (unpaired) electrons. The number of methoxy groups -OCH3 is 2. The molecule has 1 heterocycles. The smallest absolute Gasteiger partial charge is 0.196 e. The molecule has 26 heavy (non-hydrogen) atoms. The van der Waals surface area contributed by atoms with E-state index in [4.69, 9.17) is 9.47 Å². The van der Waals surface area contributed by atoms with Gasteiger partial charge in [0.15, 0.2) is 10.9 Å². The van der Waals surface area contributed by atoms with Crippen LogP contribution >= 0.6 is 11.8 Å². The average Bonchev–Trinajstić information content (AvgIpc) is 3.06. The van der Waals surface area contributed by atoms with Crippen molar-refractivity contribution in [2.45, 2.75) is 12.1 Å². The molecule has 0 unspecified atom stereocenters. The van der Waals surface area contributed by atoms with Gasteiger partial charge in [0.1, 0.15) is 17.3 Å². The van der Waals surface area contributed by atoms with Crippen LogP contribution in [0.4, 0.5) is 0 Å². The molecule has 3 rings (SSSR count). The first-order valence-corrected chi connectivity index (χ1v) is 8.98. The normalized spacial score (nSPS) is 10.6. The predicted molar refractivity (Wildman–Crippen MR) is 101 cm³/mol. The number of aromatic nitrogens is 3. The quantitative estimate of drug-likeness (QED) is 0.469. The second-order valence-corrected chi connectivity index (χ2v) is 6.42. The molecule has 0 aliphatic heterocycles.